The van der Waals surface area contributed by atoms with Crippen LogP contribution in [0.4, 0.5) is 0 Å². The third-order valence-corrected chi connectivity index (χ3v) is 7.85. The van der Waals surface area contributed by atoms with Gasteiger partial charge in [0.2, 0.25) is 0 Å². The van der Waals surface area contributed by atoms with E-state index >= 15 is 0 Å². The second-order valence-corrected chi connectivity index (χ2v) is 10.4. The number of ether oxygens (including phenoxy) is 2. The Bertz CT molecular complexity index is 609. The van der Waals surface area contributed by atoms with Gasteiger partial charge in [-0.1, -0.05) is 96.3 Å². The fourth-order valence-corrected chi connectivity index (χ4v) is 5.69. The Kier molecular flexibility index (Phi) is 10.9. The van der Waals surface area contributed by atoms with Crippen molar-refractivity contribution in [1.29, 1.82) is 0 Å². The van der Waals surface area contributed by atoms with Crippen LogP contribution in [0, 0.1) is 24.7 Å². The number of hydrogen-bond donors (Lipinski definition) is 0. The highest BCUT2D eigenvalue weighted by Gasteiger charge is 2.32. The van der Waals surface area contributed by atoms with Gasteiger partial charge in [0.1, 0.15) is 0 Å². The molecule has 2 heteroatoms. The monoisotopic (exact) mass is 428 g/mol. The molecule has 0 unspecified atom stereocenters. The Morgan fingerprint density at radius 1 is 0.774 bits per heavy atom. The van der Waals surface area contributed by atoms with Crippen LogP contribution in [0.5, 0.6) is 0 Å². The Balaban J connectivity index is 1.39. The minimum absolute atomic E-state index is 0.166. The van der Waals surface area contributed by atoms with Gasteiger partial charge in [-0.15, -0.1) is 0 Å². The Morgan fingerprint density at radius 3 is 2.13 bits per heavy atom. The van der Waals surface area contributed by atoms with Gasteiger partial charge in [0.05, 0.1) is 13.2 Å². The molecule has 0 spiro atoms. The van der Waals surface area contributed by atoms with Gasteiger partial charge in [-0.2, -0.15) is 0 Å². The second kappa shape index (κ2) is 13.6. The van der Waals surface area contributed by atoms with Crippen molar-refractivity contribution in [1.82, 2.24) is 0 Å². The molecule has 2 aliphatic rings. The highest BCUT2D eigenvalue weighted by atomic mass is 16.7. The lowest BCUT2D eigenvalue weighted by molar-refractivity contribution is -0.215. The lowest BCUT2D eigenvalue weighted by Gasteiger charge is -2.38. The van der Waals surface area contributed by atoms with Gasteiger partial charge < -0.3 is 9.47 Å². The van der Waals surface area contributed by atoms with Gasteiger partial charge in [-0.05, 0) is 55.6 Å². The maximum Gasteiger partial charge on any atom is 0.184 e. The zero-order valence-electron chi connectivity index (χ0n) is 20.7. The minimum atomic E-state index is -0.166. The van der Waals surface area contributed by atoms with Crippen LogP contribution in [0.1, 0.15) is 120 Å². The molecule has 1 aromatic rings. The standard InChI is InChI=1S/C29H48O2/c1-4-6-8-9-11-13-25-16-19-28(23(3)20-25)29-30-21-27(22-31-29)26-17-14-24(15-18-26)12-10-7-5-2/h16,19-20,24,26-27,29H,4-15,17-18,21-22H2,1-3H3/t24?,26?,27-,29-. The van der Waals surface area contributed by atoms with Gasteiger partial charge in [0.15, 0.2) is 6.29 Å². The van der Waals surface area contributed by atoms with E-state index in [9.17, 15) is 0 Å². The predicted octanol–water partition coefficient (Wildman–Crippen LogP) is 8.56. The molecule has 176 valence electrons. The van der Waals surface area contributed by atoms with E-state index in [-0.39, 0.29) is 6.29 Å². The molecule has 1 aliphatic carbocycles. The number of unbranched alkanes of at least 4 members (excludes halogenated alkanes) is 6. The van der Waals surface area contributed by atoms with E-state index in [0.29, 0.717) is 5.92 Å². The summed E-state index contributed by atoms with van der Waals surface area (Å²) in [6.45, 7) is 8.54. The van der Waals surface area contributed by atoms with E-state index in [1.54, 1.807) is 0 Å². The highest BCUT2D eigenvalue weighted by molar-refractivity contribution is 5.32. The van der Waals surface area contributed by atoms with E-state index in [2.05, 4.69) is 39.0 Å². The largest absolute Gasteiger partial charge is 0.348 e. The minimum Gasteiger partial charge on any atom is -0.348 e. The van der Waals surface area contributed by atoms with Crippen LogP contribution in [0.15, 0.2) is 18.2 Å². The molecule has 0 N–H and O–H groups in total. The summed E-state index contributed by atoms with van der Waals surface area (Å²) < 4.78 is 12.5. The third-order valence-electron chi connectivity index (χ3n) is 7.85. The Morgan fingerprint density at radius 2 is 1.45 bits per heavy atom. The molecule has 0 bridgehead atoms. The first kappa shape index (κ1) is 24.8. The average Bonchev–Trinajstić information content (AvgIpc) is 2.80. The first-order valence-corrected chi connectivity index (χ1v) is 13.5. The maximum absolute atomic E-state index is 6.26. The van der Waals surface area contributed by atoms with E-state index in [1.807, 2.05) is 0 Å². The van der Waals surface area contributed by atoms with Crippen molar-refractivity contribution in [2.75, 3.05) is 13.2 Å². The molecule has 1 saturated heterocycles. The fourth-order valence-electron chi connectivity index (χ4n) is 5.69. The SMILES string of the molecule is CCCCCCCc1ccc([C@H]2OC[C@H](C3CCC(CCCCC)CC3)CO2)c(C)c1. The molecule has 0 atom stereocenters. The molecule has 0 amide bonds. The summed E-state index contributed by atoms with van der Waals surface area (Å²) in [5.74, 6) is 2.38. The Labute approximate surface area is 192 Å². The summed E-state index contributed by atoms with van der Waals surface area (Å²) in [6.07, 6.45) is 19.0. The molecule has 2 fully saturated rings. The third kappa shape index (κ3) is 7.90. The number of rotatable bonds is 12. The maximum atomic E-state index is 6.26. The van der Waals surface area contributed by atoms with Crippen molar-refractivity contribution in [2.45, 2.75) is 117 Å². The Hall–Kier alpha value is -0.860. The smallest absolute Gasteiger partial charge is 0.184 e. The van der Waals surface area contributed by atoms with Crippen LogP contribution < -0.4 is 0 Å². The first-order valence-electron chi connectivity index (χ1n) is 13.5. The molecule has 0 radical (unpaired) electrons. The summed E-state index contributed by atoms with van der Waals surface area (Å²) >= 11 is 0. The molecule has 0 aromatic heterocycles. The van der Waals surface area contributed by atoms with Crippen LogP contribution >= 0.6 is 0 Å². The second-order valence-electron chi connectivity index (χ2n) is 10.4. The van der Waals surface area contributed by atoms with Crippen LogP contribution in [-0.4, -0.2) is 13.2 Å². The normalized spacial score (nSPS) is 26.8. The topological polar surface area (TPSA) is 18.5 Å². The van der Waals surface area contributed by atoms with Crippen LogP contribution in [-0.2, 0) is 15.9 Å². The lowest BCUT2D eigenvalue weighted by atomic mass is 9.74. The summed E-state index contributed by atoms with van der Waals surface area (Å²) in [6, 6.07) is 6.90. The summed E-state index contributed by atoms with van der Waals surface area (Å²) in [5, 5.41) is 0. The number of benzene rings is 1. The highest BCUT2D eigenvalue weighted by Crippen LogP contribution is 2.39. The fraction of sp³-hybridized carbons (Fsp3) is 0.793. The van der Waals surface area contributed by atoms with E-state index in [1.165, 1.54) is 107 Å². The molecule has 1 aliphatic heterocycles. The van der Waals surface area contributed by atoms with Gasteiger partial charge in [-0.3, -0.25) is 0 Å². The average molecular weight is 429 g/mol. The van der Waals surface area contributed by atoms with Gasteiger partial charge in [0.25, 0.3) is 0 Å². The molecule has 2 nitrogen and oxygen atoms in total. The number of hydrogen-bond acceptors (Lipinski definition) is 2. The molecule has 1 heterocycles. The van der Waals surface area contributed by atoms with Crippen LogP contribution in [0.2, 0.25) is 0 Å². The number of aryl methyl sites for hydroxylation is 2. The lowest BCUT2D eigenvalue weighted by Crippen LogP contribution is -2.34. The molecule has 1 aromatic carbocycles. The van der Waals surface area contributed by atoms with Gasteiger partial charge in [-0.25, -0.2) is 0 Å². The van der Waals surface area contributed by atoms with E-state index in [4.69, 9.17) is 9.47 Å². The molecule has 3 rings (SSSR count). The zero-order chi connectivity index (χ0) is 21.9. The van der Waals surface area contributed by atoms with Crippen molar-refractivity contribution in [3.8, 4) is 0 Å². The molecule has 1 saturated carbocycles. The summed E-state index contributed by atoms with van der Waals surface area (Å²) in [4.78, 5) is 0. The zero-order valence-corrected chi connectivity index (χ0v) is 20.7. The van der Waals surface area contributed by atoms with Crippen LogP contribution in [0.3, 0.4) is 0 Å². The van der Waals surface area contributed by atoms with E-state index in [0.717, 1.165) is 25.0 Å². The van der Waals surface area contributed by atoms with Gasteiger partial charge in [0, 0.05) is 11.5 Å². The van der Waals surface area contributed by atoms with Crippen molar-refractivity contribution in [3.63, 3.8) is 0 Å². The molecule has 31 heavy (non-hydrogen) atoms. The van der Waals surface area contributed by atoms with Crippen molar-refractivity contribution in [3.05, 3.63) is 34.9 Å². The predicted molar refractivity (Wildman–Crippen MR) is 131 cm³/mol. The van der Waals surface area contributed by atoms with E-state index < -0.39 is 0 Å². The quantitative estimate of drug-likeness (QED) is 0.310. The van der Waals surface area contributed by atoms with Crippen LogP contribution in [0.25, 0.3) is 0 Å². The molecular formula is C29H48O2. The summed E-state index contributed by atoms with van der Waals surface area (Å²) in [7, 11) is 0. The van der Waals surface area contributed by atoms with Crippen molar-refractivity contribution in [2.24, 2.45) is 17.8 Å². The summed E-state index contributed by atoms with van der Waals surface area (Å²) in [5.41, 5.74) is 4.01. The van der Waals surface area contributed by atoms with Crippen molar-refractivity contribution >= 4 is 0 Å². The molecular weight excluding hydrogens is 380 g/mol. The first-order chi connectivity index (χ1) is 15.2. The van der Waals surface area contributed by atoms with Crippen molar-refractivity contribution < 1.29 is 9.47 Å². The van der Waals surface area contributed by atoms with Gasteiger partial charge >= 0.3 is 0 Å².